The molecule has 25 heavy (non-hydrogen) atoms. The van der Waals surface area contributed by atoms with E-state index in [4.69, 9.17) is 0 Å². The number of aryl methyl sites for hydroxylation is 2. The molecule has 0 aromatic heterocycles. The normalized spacial score (nSPS) is 15.2. The molecule has 0 saturated carbocycles. The smallest absolute Gasteiger partial charge is 0.238 e. The summed E-state index contributed by atoms with van der Waals surface area (Å²) >= 11 is 0. The van der Waals surface area contributed by atoms with Crippen molar-refractivity contribution in [1.82, 2.24) is 4.90 Å². The number of benzene rings is 2. The number of carbonyl (C=O) groups is 1. The number of nitrogens with one attached hydrogen (secondary N) is 1. The largest absolute Gasteiger partial charge is 0.369 e. The Hall–Kier alpha value is -2.40. The molecule has 1 N–H and O–H groups in total. The number of hydrogen-bond donors (Lipinski definition) is 1. The lowest BCUT2D eigenvalue weighted by Gasteiger charge is -2.35. The Bertz CT molecular complexity index is 754. The van der Waals surface area contributed by atoms with E-state index in [0.29, 0.717) is 12.2 Å². The number of rotatable bonds is 4. The van der Waals surface area contributed by atoms with Crippen molar-refractivity contribution in [3.8, 4) is 0 Å². The van der Waals surface area contributed by atoms with E-state index in [-0.39, 0.29) is 11.7 Å². The molecule has 0 radical (unpaired) electrons. The highest BCUT2D eigenvalue weighted by Gasteiger charge is 2.19. The zero-order valence-electron chi connectivity index (χ0n) is 14.8. The molecule has 1 aliphatic rings. The van der Waals surface area contributed by atoms with Gasteiger partial charge in [-0.25, -0.2) is 4.39 Å². The van der Waals surface area contributed by atoms with Gasteiger partial charge >= 0.3 is 0 Å². The highest BCUT2D eigenvalue weighted by Crippen LogP contribution is 2.18. The van der Waals surface area contributed by atoms with Gasteiger partial charge in [-0.05, 0) is 49.2 Å². The second kappa shape index (κ2) is 7.66. The molecule has 0 bridgehead atoms. The SMILES string of the molecule is Cc1cccc(N2CCN(CC(=O)Nc3cc(F)ccc3C)CC2)c1. The van der Waals surface area contributed by atoms with Crippen LogP contribution in [0.25, 0.3) is 0 Å². The van der Waals surface area contributed by atoms with Gasteiger partial charge in [0.2, 0.25) is 5.91 Å². The van der Waals surface area contributed by atoms with Gasteiger partial charge in [0.25, 0.3) is 0 Å². The monoisotopic (exact) mass is 341 g/mol. The van der Waals surface area contributed by atoms with Crippen LogP contribution in [0.2, 0.25) is 0 Å². The van der Waals surface area contributed by atoms with Crippen LogP contribution in [0.5, 0.6) is 0 Å². The molecule has 3 rings (SSSR count). The van der Waals surface area contributed by atoms with Gasteiger partial charge in [-0.15, -0.1) is 0 Å². The first-order valence-electron chi connectivity index (χ1n) is 8.61. The average Bonchev–Trinajstić information content (AvgIpc) is 2.59. The summed E-state index contributed by atoms with van der Waals surface area (Å²) in [5, 5.41) is 2.81. The predicted molar refractivity (Wildman–Crippen MR) is 99.6 cm³/mol. The van der Waals surface area contributed by atoms with Crippen LogP contribution >= 0.6 is 0 Å². The number of carbonyl (C=O) groups excluding carboxylic acids is 1. The van der Waals surface area contributed by atoms with Crippen LogP contribution < -0.4 is 10.2 Å². The zero-order chi connectivity index (χ0) is 17.8. The first kappa shape index (κ1) is 17.4. The third-order valence-electron chi connectivity index (χ3n) is 4.58. The summed E-state index contributed by atoms with van der Waals surface area (Å²) < 4.78 is 13.3. The van der Waals surface area contributed by atoms with E-state index in [2.05, 4.69) is 46.3 Å². The van der Waals surface area contributed by atoms with Crippen molar-refractivity contribution < 1.29 is 9.18 Å². The highest BCUT2D eigenvalue weighted by atomic mass is 19.1. The molecular formula is C20H24FN3O. The van der Waals surface area contributed by atoms with Gasteiger partial charge in [0.15, 0.2) is 0 Å². The molecule has 1 amide bonds. The zero-order valence-corrected chi connectivity index (χ0v) is 14.8. The second-order valence-electron chi connectivity index (χ2n) is 6.61. The highest BCUT2D eigenvalue weighted by molar-refractivity contribution is 5.93. The van der Waals surface area contributed by atoms with E-state index in [9.17, 15) is 9.18 Å². The molecule has 5 heteroatoms. The van der Waals surface area contributed by atoms with Crippen molar-refractivity contribution in [2.24, 2.45) is 0 Å². The summed E-state index contributed by atoms with van der Waals surface area (Å²) in [6.07, 6.45) is 0. The van der Waals surface area contributed by atoms with Crippen LogP contribution in [0.3, 0.4) is 0 Å². The second-order valence-corrected chi connectivity index (χ2v) is 6.61. The molecule has 2 aromatic rings. The lowest BCUT2D eigenvalue weighted by Crippen LogP contribution is -2.48. The molecule has 132 valence electrons. The minimum atomic E-state index is -0.340. The first-order chi connectivity index (χ1) is 12.0. The Morgan fingerprint density at radius 2 is 1.84 bits per heavy atom. The summed E-state index contributed by atoms with van der Waals surface area (Å²) in [5.41, 5.74) is 3.90. The summed E-state index contributed by atoms with van der Waals surface area (Å²) in [6, 6.07) is 12.9. The van der Waals surface area contributed by atoms with E-state index in [1.54, 1.807) is 6.07 Å². The van der Waals surface area contributed by atoms with E-state index in [1.165, 1.54) is 23.4 Å². The number of amides is 1. The third-order valence-corrected chi connectivity index (χ3v) is 4.58. The van der Waals surface area contributed by atoms with Crippen LogP contribution in [0.4, 0.5) is 15.8 Å². The van der Waals surface area contributed by atoms with Gasteiger partial charge in [-0.2, -0.15) is 0 Å². The summed E-state index contributed by atoms with van der Waals surface area (Å²) in [6.45, 7) is 7.75. The molecule has 0 spiro atoms. The molecule has 2 aromatic carbocycles. The molecule has 0 unspecified atom stereocenters. The number of hydrogen-bond acceptors (Lipinski definition) is 3. The number of anilines is 2. The Balaban J connectivity index is 1.52. The minimum Gasteiger partial charge on any atom is -0.369 e. The standard InChI is InChI=1S/C20H24FN3O/c1-15-4-3-5-18(12-15)24-10-8-23(9-11-24)14-20(25)22-19-13-17(21)7-6-16(19)2/h3-7,12-13H,8-11,14H2,1-2H3,(H,22,25). The van der Waals surface area contributed by atoms with E-state index < -0.39 is 0 Å². The average molecular weight is 341 g/mol. The Morgan fingerprint density at radius 1 is 1.08 bits per heavy atom. The molecule has 1 heterocycles. The Morgan fingerprint density at radius 3 is 2.56 bits per heavy atom. The van der Waals surface area contributed by atoms with Crippen molar-refractivity contribution in [1.29, 1.82) is 0 Å². The fourth-order valence-electron chi connectivity index (χ4n) is 3.11. The quantitative estimate of drug-likeness (QED) is 0.928. The van der Waals surface area contributed by atoms with E-state index in [1.807, 2.05) is 6.92 Å². The van der Waals surface area contributed by atoms with Gasteiger partial charge in [-0.3, -0.25) is 9.69 Å². The maximum atomic E-state index is 13.3. The number of piperazine rings is 1. The summed E-state index contributed by atoms with van der Waals surface area (Å²) in [5.74, 6) is -0.439. The predicted octanol–water partition coefficient (Wildman–Crippen LogP) is 3.20. The van der Waals surface area contributed by atoms with Gasteiger partial charge in [0, 0.05) is 37.6 Å². The van der Waals surface area contributed by atoms with Crippen molar-refractivity contribution >= 4 is 17.3 Å². The molecule has 1 saturated heterocycles. The van der Waals surface area contributed by atoms with Crippen molar-refractivity contribution in [2.75, 3.05) is 42.9 Å². The molecule has 0 atom stereocenters. The fourth-order valence-corrected chi connectivity index (χ4v) is 3.11. The molecule has 1 aliphatic heterocycles. The summed E-state index contributed by atoms with van der Waals surface area (Å²) in [4.78, 5) is 16.7. The van der Waals surface area contributed by atoms with Gasteiger partial charge in [-0.1, -0.05) is 18.2 Å². The maximum absolute atomic E-state index is 13.3. The van der Waals surface area contributed by atoms with Crippen LogP contribution in [0.15, 0.2) is 42.5 Å². The third kappa shape index (κ3) is 4.57. The Kier molecular flexibility index (Phi) is 5.34. The molecule has 1 fully saturated rings. The van der Waals surface area contributed by atoms with Gasteiger partial charge in [0.05, 0.1) is 6.54 Å². The van der Waals surface area contributed by atoms with E-state index >= 15 is 0 Å². The molecule has 0 aliphatic carbocycles. The van der Waals surface area contributed by atoms with Gasteiger partial charge in [0.1, 0.15) is 5.82 Å². The lowest BCUT2D eigenvalue weighted by molar-refractivity contribution is -0.117. The van der Waals surface area contributed by atoms with Crippen LogP contribution in [0, 0.1) is 19.7 Å². The Labute approximate surface area is 148 Å². The fraction of sp³-hybridized carbons (Fsp3) is 0.350. The van der Waals surface area contributed by atoms with Crippen LogP contribution in [-0.4, -0.2) is 43.5 Å². The lowest BCUT2D eigenvalue weighted by atomic mass is 10.2. The number of halogens is 1. The maximum Gasteiger partial charge on any atom is 0.238 e. The van der Waals surface area contributed by atoms with Gasteiger partial charge < -0.3 is 10.2 Å². The topological polar surface area (TPSA) is 35.6 Å². The van der Waals surface area contributed by atoms with Crippen molar-refractivity contribution in [3.63, 3.8) is 0 Å². The molecule has 4 nitrogen and oxygen atoms in total. The van der Waals surface area contributed by atoms with Crippen LogP contribution in [-0.2, 0) is 4.79 Å². The molecular weight excluding hydrogens is 317 g/mol. The van der Waals surface area contributed by atoms with Crippen molar-refractivity contribution in [2.45, 2.75) is 13.8 Å². The minimum absolute atomic E-state index is 0.0993. The first-order valence-corrected chi connectivity index (χ1v) is 8.61. The van der Waals surface area contributed by atoms with Crippen LogP contribution in [0.1, 0.15) is 11.1 Å². The number of nitrogens with zero attached hydrogens (tertiary/aromatic N) is 2. The van der Waals surface area contributed by atoms with E-state index in [0.717, 1.165) is 31.7 Å². The van der Waals surface area contributed by atoms with Crippen molar-refractivity contribution in [3.05, 3.63) is 59.4 Å². The summed E-state index contributed by atoms with van der Waals surface area (Å²) in [7, 11) is 0.